The van der Waals surface area contributed by atoms with E-state index in [9.17, 15) is 5.11 Å². The molecule has 2 unspecified atom stereocenters. The molecule has 0 spiro atoms. The first-order chi connectivity index (χ1) is 15.7. The topological polar surface area (TPSA) is 32.7 Å². The maximum absolute atomic E-state index is 10.2. The Morgan fingerprint density at radius 3 is 2.41 bits per heavy atom. The lowest BCUT2D eigenvalue weighted by Crippen LogP contribution is -2.25. The van der Waals surface area contributed by atoms with Crippen LogP contribution in [0.3, 0.4) is 0 Å². The average Bonchev–Trinajstić information content (AvgIpc) is 3.33. The lowest BCUT2D eigenvalue weighted by Gasteiger charge is -2.34. The van der Waals surface area contributed by atoms with Crippen molar-refractivity contribution in [3.8, 4) is 11.5 Å². The minimum absolute atomic E-state index is 0.107. The number of thioether (sulfide) groups is 1. The van der Waals surface area contributed by atoms with E-state index in [1.54, 1.807) is 6.07 Å². The minimum Gasteiger partial charge on any atom is -0.508 e. The molecule has 2 aliphatic heterocycles. The highest BCUT2D eigenvalue weighted by molar-refractivity contribution is 7.99. The molecule has 166 valence electrons. The average molecular weight is 466 g/mol. The first-order valence-corrected chi connectivity index (χ1v) is 12.7. The van der Waals surface area contributed by atoms with E-state index < -0.39 is 0 Å². The molecule has 32 heavy (non-hydrogen) atoms. The third kappa shape index (κ3) is 4.78. The predicted molar refractivity (Wildman–Crippen MR) is 132 cm³/mol. The molecular weight excluding hydrogens is 438 g/mol. The van der Waals surface area contributed by atoms with Crippen LogP contribution in [0.4, 0.5) is 0 Å². The maximum Gasteiger partial charge on any atom is 0.123 e. The van der Waals surface area contributed by atoms with Crippen molar-refractivity contribution >= 4 is 23.4 Å². The molecule has 0 aliphatic carbocycles. The van der Waals surface area contributed by atoms with Gasteiger partial charge in [-0.25, -0.2) is 0 Å². The normalized spacial score (nSPS) is 20.7. The van der Waals surface area contributed by atoms with E-state index in [4.69, 9.17) is 16.3 Å². The zero-order valence-electron chi connectivity index (χ0n) is 18.0. The van der Waals surface area contributed by atoms with E-state index in [2.05, 4.69) is 41.3 Å². The smallest absolute Gasteiger partial charge is 0.123 e. The van der Waals surface area contributed by atoms with E-state index in [0.29, 0.717) is 6.61 Å². The molecule has 1 N–H and O–H groups in total. The van der Waals surface area contributed by atoms with Gasteiger partial charge in [0, 0.05) is 39.6 Å². The molecular formula is C27H28ClNO2S. The number of aromatic hydroxyl groups is 1. The SMILES string of the molecule is Oc1ccc2c(c1)C(c1ccc(SCCN3CCCC3)cc1)C(c1ccc(Cl)cc1)CO2. The molecule has 3 aromatic carbocycles. The van der Waals surface area contributed by atoms with Crippen LogP contribution in [-0.2, 0) is 0 Å². The van der Waals surface area contributed by atoms with E-state index in [0.717, 1.165) is 28.6 Å². The Balaban J connectivity index is 1.40. The van der Waals surface area contributed by atoms with Crippen molar-refractivity contribution in [2.45, 2.75) is 29.6 Å². The quantitative estimate of drug-likeness (QED) is 0.419. The zero-order chi connectivity index (χ0) is 21.9. The van der Waals surface area contributed by atoms with E-state index in [-0.39, 0.29) is 17.6 Å². The molecule has 0 amide bonds. The van der Waals surface area contributed by atoms with Gasteiger partial charge in [0.25, 0.3) is 0 Å². The number of phenolic OH excluding ortho intramolecular Hbond substituents is 1. The van der Waals surface area contributed by atoms with Crippen LogP contribution in [0.5, 0.6) is 11.5 Å². The second-order valence-electron chi connectivity index (χ2n) is 8.64. The van der Waals surface area contributed by atoms with Gasteiger partial charge in [-0.1, -0.05) is 35.9 Å². The van der Waals surface area contributed by atoms with Crippen LogP contribution in [0.2, 0.25) is 5.02 Å². The van der Waals surface area contributed by atoms with Crippen LogP contribution >= 0.6 is 23.4 Å². The first-order valence-electron chi connectivity index (χ1n) is 11.3. The van der Waals surface area contributed by atoms with Crippen molar-refractivity contribution in [1.29, 1.82) is 0 Å². The molecule has 2 atom stereocenters. The van der Waals surface area contributed by atoms with E-state index in [1.165, 1.54) is 42.0 Å². The summed E-state index contributed by atoms with van der Waals surface area (Å²) < 4.78 is 6.10. The van der Waals surface area contributed by atoms with Crippen LogP contribution in [0, 0.1) is 0 Å². The molecule has 0 saturated carbocycles. The fourth-order valence-corrected chi connectivity index (χ4v) is 5.92. The maximum atomic E-state index is 10.2. The molecule has 3 nitrogen and oxygen atoms in total. The van der Waals surface area contributed by atoms with Gasteiger partial charge < -0.3 is 14.7 Å². The van der Waals surface area contributed by atoms with Gasteiger partial charge in [0.1, 0.15) is 11.5 Å². The zero-order valence-corrected chi connectivity index (χ0v) is 19.6. The van der Waals surface area contributed by atoms with E-state index in [1.807, 2.05) is 36.0 Å². The fourth-order valence-electron chi connectivity index (χ4n) is 4.88. The molecule has 0 aromatic heterocycles. The molecule has 1 fully saturated rings. The summed E-state index contributed by atoms with van der Waals surface area (Å²) in [5.74, 6) is 2.50. The number of ether oxygens (including phenoxy) is 1. The molecule has 2 heterocycles. The van der Waals surface area contributed by atoms with Crippen molar-refractivity contribution in [3.63, 3.8) is 0 Å². The van der Waals surface area contributed by atoms with Crippen molar-refractivity contribution in [2.24, 2.45) is 0 Å². The van der Waals surface area contributed by atoms with Crippen molar-refractivity contribution in [3.05, 3.63) is 88.4 Å². The van der Waals surface area contributed by atoms with Crippen LogP contribution < -0.4 is 4.74 Å². The van der Waals surface area contributed by atoms with Gasteiger partial charge in [-0.05, 0) is 79.5 Å². The van der Waals surface area contributed by atoms with Gasteiger partial charge in [-0.2, -0.15) is 0 Å². The Hall–Kier alpha value is -2.14. The highest BCUT2D eigenvalue weighted by atomic mass is 35.5. The number of likely N-dealkylation sites (tertiary alicyclic amines) is 1. The lowest BCUT2D eigenvalue weighted by atomic mass is 9.76. The summed E-state index contributed by atoms with van der Waals surface area (Å²) >= 11 is 8.07. The molecule has 0 bridgehead atoms. The van der Waals surface area contributed by atoms with Gasteiger partial charge in [-0.15, -0.1) is 11.8 Å². The van der Waals surface area contributed by atoms with Crippen LogP contribution in [0.15, 0.2) is 71.6 Å². The third-order valence-electron chi connectivity index (χ3n) is 6.56. The Bertz CT molecular complexity index is 1050. The number of hydrogen-bond donors (Lipinski definition) is 1. The number of nitrogens with zero attached hydrogens (tertiary/aromatic N) is 1. The minimum atomic E-state index is 0.107. The van der Waals surface area contributed by atoms with Gasteiger partial charge in [0.05, 0.1) is 6.61 Å². The lowest BCUT2D eigenvalue weighted by molar-refractivity contribution is 0.248. The van der Waals surface area contributed by atoms with Crippen LogP contribution in [-0.4, -0.2) is 42.0 Å². The largest absolute Gasteiger partial charge is 0.508 e. The van der Waals surface area contributed by atoms with Crippen molar-refractivity contribution in [2.75, 3.05) is 32.0 Å². The monoisotopic (exact) mass is 465 g/mol. The summed E-state index contributed by atoms with van der Waals surface area (Å²) in [5.41, 5.74) is 3.46. The van der Waals surface area contributed by atoms with Gasteiger partial charge in [-0.3, -0.25) is 0 Å². The molecule has 5 rings (SSSR count). The Labute approximate surface area is 199 Å². The number of rotatable bonds is 6. The molecule has 2 aliphatic rings. The van der Waals surface area contributed by atoms with Gasteiger partial charge in [0.2, 0.25) is 0 Å². The Morgan fingerprint density at radius 1 is 0.938 bits per heavy atom. The van der Waals surface area contributed by atoms with Crippen molar-refractivity contribution in [1.82, 2.24) is 4.90 Å². The predicted octanol–water partition coefficient (Wildman–Crippen LogP) is 6.54. The summed E-state index contributed by atoms with van der Waals surface area (Å²) in [6, 6.07) is 22.4. The highest BCUT2D eigenvalue weighted by Gasteiger charge is 2.33. The standard InChI is InChI=1S/C27H28ClNO2S/c28-21-7-3-19(4-8-21)25-18-31-26-12-9-22(30)17-24(26)27(25)20-5-10-23(11-6-20)32-16-15-29-13-1-2-14-29/h3-12,17,25,27,30H,1-2,13-16,18H2. The second kappa shape index (κ2) is 9.78. The Kier molecular flexibility index (Phi) is 6.63. The Morgan fingerprint density at radius 2 is 1.66 bits per heavy atom. The summed E-state index contributed by atoms with van der Waals surface area (Å²) in [5, 5.41) is 10.9. The summed E-state index contributed by atoms with van der Waals surface area (Å²) in [4.78, 5) is 3.86. The molecule has 0 radical (unpaired) electrons. The van der Waals surface area contributed by atoms with E-state index >= 15 is 0 Å². The number of benzene rings is 3. The summed E-state index contributed by atoms with van der Waals surface area (Å²) in [6.45, 7) is 4.26. The first kappa shape index (κ1) is 21.7. The number of phenols is 1. The molecule has 5 heteroatoms. The summed E-state index contributed by atoms with van der Waals surface area (Å²) in [7, 11) is 0. The van der Waals surface area contributed by atoms with Crippen molar-refractivity contribution < 1.29 is 9.84 Å². The number of hydrogen-bond acceptors (Lipinski definition) is 4. The molecule has 3 aromatic rings. The van der Waals surface area contributed by atoms with Gasteiger partial charge >= 0.3 is 0 Å². The fraction of sp³-hybridized carbons (Fsp3) is 0.333. The number of fused-ring (bicyclic) bond motifs is 1. The second-order valence-corrected chi connectivity index (χ2v) is 10.2. The summed E-state index contributed by atoms with van der Waals surface area (Å²) in [6.07, 6.45) is 2.69. The number of halogens is 1. The highest BCUT2D eigenvalue weighted by Crippen LogP contribution is 2.47. The third-order valence-corrected chi connectivity index (χ3v) is 7.81. The van der Waals surface area contributed by atoms with Crippen LogP contribution in [0.1, 0.15) is 41.4 Å². The van der Waals surface area contributed by atoms with Gasteiger partial charge in [0.15, 0.2) is 0 Å². The van der Waals surface area contributed by atoms with Crippen LogP contribution in [0.25, 0.3) is 0 Å². The molecule has 1 saturated heterocycles.